The number of ether oxygens (including phenoxy) is 1. The number of carbonyl (C=O) groups excluding carboxylic acids is 1. The average Bonchev–Trinajstić information content (AvgIpc) is 2.66. The highest BCUT2D eigenvalue weighted by Gasteiger charge is 2.11. The molecular weight excluding hydrogens is 320 g/mol. The summed E-state index contributed by atoms with van der Waals surface area (Å²) < 4.78 is 5.17. The van der Waals surface area contributed by atoms with Gasteiger partial charge in [0.25, 0.3) is 5.91 Å². The van der Waals surface area contributed by atoms with E-state index in [2.05, 4.69) is 20.3 Å². The molecule has 0 aliphatic carbocycles. The van der Waals surface area contributed by atoms with Gasteiger partial charge in [-0.3, -0.25) is 9.78 Å². The van der Waals surface area contributed by atoms with Crippen LogP contribution in [0.5, 0.6) is 5.75 Å². The van der Waals surface area contributed by atoms with Crippen LogP contribution in [0.25, 0.3) is 11.3 Å². The van der Waals surface area contributed by atoms with Gasteiger partial charge in [-0.25, -0.2) is 4.79 Å². The van der Waals surface area contributed by atoms with E-state index in [1.165, 1.54) is 6.07 Å². The van der Waals surface area contributed by atoms with Crippen molar-refractivity contribution in [3.63, 3.8) is 0 Å². The summed E-state index contributed by atoms with van der Waals surface area (Å²) in [4.78, 5) is 34.6. The molecule has 7 nitrogen and oxygen atoms in total. The molecule has 25 heavy (non-hydrogen) atoms. The molecule has 1 amide bonds. The van der Waals surface area contributed by atoms with Gasteiger partial charge < -0.3 is 15.0 Å². The Kier molecular flexibility index (Phi) is 4.84. The third-order valence-corrected chi connectivity index (χ3v) is 3.51. The second-order valence-corrected chi connectivity index (χ2v) is 5.22. The third kappa shape index (κ3) is 4.08. The summed E-state index contributed by atoms with van der Waals surface area (Å²) in [7, 11) is 1.56. The minimum Gasteiger partial charge on any atom is -0.497 e. The summed E-state index contributed by atoms with van der Waals surface area (Å²) in [5, 5.41) is 2.72. The molecular formula is C18H16N4O3. The molecule has 0 fully saturated rings. The van der Waals surface area contributed by atoms with Crippen LogP contribution in [0.3, 0.4) is 0 Å². The van der Waals surface area contributed by atoms with Crippen LogP contribution in [0.15, 0.2) is 59.5 Å². The van der Waals surface area contributed by atoms with Gasteiger partial charge in [-0.1, -0.05) is 18.2 Å². The number of hydrogen-bond donors (Lipinski definition) is 2. The van der Waals surface area contributed by atoms with Crippen molar-refractivity contribution >= 4 is 5.91 Å². The summed E-state index contributed by atoms with van der Waals surface area (Å²) in [5.74, 6) is 0.232. The number of amides is 1. The van der Waals surface area contributed by atoms with Gasteiger partial charge in [0, 0.05) is 11.8 Å². The van der Waals surface area contributed by atoms with E-state index in [0.29, 0.717) is 17.0 Å². The summed E-state index contributed by atoms with van der Waals surface area (Å²) in [6.45, 7) is 0.262. The first-order valence-corrected chi connectivity index (χ1v) is 7.59. The standard InChI is InChI=1S/C18H16N4O3/c1-25-14-7-4-5-12(9-14)15-10-16(22-18(24)21-15)17(23)20-11-13-6-2-3-8-19-13/h2-10H,11H2,1H3,(H,20,23)(H,21,22,24). The lowest BCUT2D eigenvalue weighted by atomic mass is 10.1. The fourth-order valence-corrected chi connectivity index (χ4v) is 2.28. The highest BCUT2D eigenvalue weighted by atomic mass is 16.5. The molecule has 0 aliphatic rings. The Morgan fingerprint density at radius 2 is 2.08 bits per heavy atom. The van der Waals surface area contributed by atoms with Crippen LogP contribution in [-0.2, 0) is 6.54 Å². The number of nitrogens with zero attached hydrogens (tertiary/aromatic N) is 2. The third-order valence-electron chi connectivity index (χ3n) is 3.51. The lowest BCUT2D eigenvalue weighted by molar-refractivity contribution is 0.0945. The fraction of sp³-hybridized carbons (Fsp3) is 0.111. The number of benzene rings is 1. The van der Waals surface area contributed by atoms with Gasteiger partial charge in [-0.15, -0.1) is 0 Å². The van der Waals surface area contributed by atoms with Crippen molar-refractivity contribution in [1.82, 2.24) is 20.3 Å². The number of hydrogen-bond acceptors (Lipinski definition) is 5. The zero-order valence-corrected chi connectivity index (χ0v) is 13.5. The number of nitrogens with one attached hydrogen (secondary N) is 2. The Morgan fingerprint density at radius 1 is 1.20 bits per heavy atom. The number of aromatic nitrogens is 3. The Labute approximate surface area is 143 Å². The minimum atomic E-state index is -0.594. The van der Waals surface area contributed by atoms with Gasteiger partial charge in [0.1, 0.15) is 11.4 Å². The van der Waals surface area contributed by atoms with E-state index in [4.69, 9.17) is 4.74 Å². The Hall–Kier alpha value is -3.48. The minimum absolute atomic E-state index is 0.133. The molecule has 126 valence electrons. The van der Waals surface area contributed by atoms with Crippen molar-refractivity contribution < 1.29 is 9.53 Å². The first kappa shape index (κ1) is 16.4. The van der Waals surface area contributed by atoms with Crippen LogP contribution >= 0.6 is 0 Å². The molecule has 3 rings (SSSR count). The number of H-pyrrole nitrogens is 1. The summed E-state index contributed by atoms with van der Waals surface area (Å²) in [6, 6.07) is 14.1. The highest BCUT2D eigenvalue weighted by molar-refractivity contribution is 5.93. The van der Waals surface area contributed by atoms with Crippen LogP contribution in [0.1, 0.15) is 16.2 Å². The smallest absolute Gasteiger partial charge is 0.346 e. The first-order chi connectivity index (χ1) is 12.2. The predicted octanol–water partition coefficient (Wildman–Crippen LogP) is 1.77. The lowest BCUT2D eigenvalue weighted by Gasteiger charge is -2.07. The number of methoxy groups -OCH3 is 1. The average molecular weight is 336 g/mol. The highest BCUT2D eigenvalue weighted by Crippen LogP contribution is 2.21. The van der Waals surface area contributed by atoms with Gasteiger partial charge in [-0.05, 0) is 30.3 Å². The van der Waals surface area contributed by atoms with Crippen LogP contribution < -0.4 is 15.7 Å². The zero-order chi connectivity index (χ0) is 17.6. The van der Waals surface area contributed by atoms with Crippen LogP contribution in [-0.4, -0.2) is 28.0 Å². The maximum Gasteiger partial charge on any atom is 0.346 e. The number of carbonyl (C=O) groups is 1. The van der Waals surface area contributed by atoms with Crippen molar-refractivity contribution in [2.75, 3.05) is 7.11 Å². The first-order valence-electron chi connectivity index (χ1n) is 7.59. The molecule has 1 aromatic carbocycles. The number of rotatable bonds is 5. The summed E-state index contributed by atoms with van der Waals surface area (Å²) >= 11 is 0. The molecule has 0 radical (unpaired) electrons. The molecule has 0 saturated heterocycles. The molecule has 0 aliphatic heterocycles. The molecule has 0 unspecified atom stereocenters. The van der Waals surface area contributed by atoms with Crippen molar-refractivity contribution in [3.8, 4) is 17.0 Å². The van der Waals surface area contributed by atoms with Crippen molar-refractivity contribution in [2.45, 2.75) is 6.54 Å². The van der Waals surface area contributed by atoms with Gasteiger partial charge in [-0.2, -0.15) is 4.98 Å². The van der Waals surface area contributed by atoms with Gasteiger partial charge in [0.05, 0.1) is 25.0 Å². The van der Waals surface area contributed by atoms with Gasteiger partial charge in [0.15, 0.2) is 0 Å². The quantitative estimate of drug-likeness (QED) is 0.740. The van der Waals surface area contributed by atoms with Crippen LogP contribution in [0.2, 0.25) is 0 Å². The van der Waals surface area contributed by atoms with Crippen molar-refractivity contribution in [3.05, 3.63) is 76.6 Å². The molecule has 2 N–H and O–H groups in total. The Balaban J connectivity index is 1.83. The molecule has 3 aromatic rings. The SMILES string of the molecule is COc1cccc(-c2cc(C(=O)NCc3ccccn3)[nH]c(=O)n2)c1. The van der Waals surface area contributed by atoms with Crippen LogP contribution in [0, 0.1) is 0 Å². The molecule has 2 heterocycles. The molecule has 2 aromatic heterocycles. The fourth-order valence-electron chi connectivity index (χ4n) is 2.28. The van der Waals surface area contributed by atoms with E-state index in [-0.39, 0.29) is 12.2 Å². The number of aromatic amines is 1. The molecule has 0 bridgehead atoms. The van der Waals surface area contributed by atoms with Crippen molar-refractivity contribution in [2.24, 2.45) is 0 Å². The molecule has 0 saturated carbocycles. The maximum atomic E-state index is 12.3. The van der Waals surface area contributed by atoms with Gasteiger partial charge in [0.2, 0.25) is 0 Å². The summed E-state index contributed by atoms with van der Waals surface area (Å²) in [6.07, 6.45) is 1.65. The van der Waals surface area contributed by atoms with E-state index in [9.17, 15) is 9.59 Å². The normalized spacial score (nSPS) is 10.3. The summed E-state index contributed by atoms with van der Waals surface area (Å²) in [5.41, 5.74) is 1.34. The van der Waals surface area contributed by atoms with Crippen molar-refractivity contribution in [1.29, 1.82) is 0 Å². The number of pyridine rings is 1. The monoisotopic (exact) mass is 336 g/mol. The second-order valence-electron chi connectivity index (χ2n) is 5.22. The van der Waals surface area contributed by atoms with E-state index >= 15 is 0 Å². The Morgan fingerprint density at radius 3 is 2.84 bits per heavy atom. The van der Waals surface area contributed by atoms with Crippen LogP contribution in [0.4, 0.5) is 0 Å². The largest absolute Gasteiger partial charge is 0.497 e. The van der Waals surface area contributed by atoms with E-state index < -0.39 is 11.6 Å². The topological polar surface area (TPSA) is 97.0 Å². The van der Waals surface area contributed by atoms with Gasteiger partial charge >= 0.3 is 5.69 Å². The molecule has 0 spiro atoms. The molecule has 0 atom stereocenters. The lowest BCUT2D eigenvalue weighted by Crippen LogP contribution is -2.27. The van der Waals surface area contributed by atoms with E-state index in [1.807, 2.05) is 6.07 Å². The maximum absolute atomic E-state index is 12.3. The van der Waals surface area contributed by atoms with E-state index in [1.54, 1.807) is 49.7 Å². The predicted molar refractivity (Wildman–Crippen MR) is 92.3 cm³/mol. The Bertz CT molecular complexity index is 938. The second kappa shape index (κ2) is 7.39. The zero-order valence-electron chi connectivity index (χ0n) is 13.5. The van der Waals surface area contributed by atoms with E-state index in [0.717, 1.165) is 5.69 Å². The molecule has 7 heteroatoms.